The standard InChI is InChI=1S/C17H17FN2OS/c18-15-5-3-13(4-6-15)14-7-9-20(10-8-14)17(22)19-12-16-2-1-11-21-16/h1-7,11H,8-10,12H2,(H,19,22). The maximum Gasteiger partial charge on any atom is 0.169 e. The molecule has 1 aromatic heterocycles. The van der Waals surface area contributed by atoms with Crippen molar-refractivity contribution < 1.29 is 8.81 Å². The highest BCUT2D eigenvalue weighted by molar-refractivity contribution is 7.80. The van der Waals surface area contributed by atoms with Gasteiger partial charge in [0.1, 0.15) is 11.6 Å². The minimum absolute atomic E-state index is 0.204. The van der Waals surface area contributed by atoms with E-state index in [4.69, 9.17) is 16.6 Å². The fraction of sp³-hybridized carbons (Fsp3) is 0.235. The van der Waals surface area contributed by atoms with E-state index < -0.39 is 0 Å². The number of furan rings is 1. The van der Waals surface area contributed by atoms with Crippen LogP contribution in [0.15, 0.2) is 53.2 Å². The molecule has 0 saturated carbocycles. The summed E-state index contributed by atoms with van der Waals surface area (Å²) < 4.78 is 18.2. The third-order valence-electron chi connectivity index (χ3n) is 3.71. The number of nitrogens with one attached hydrogen (secondary N) is 1. The van der Waals surface area contributed by atoms with E-state index in [-0.39, 0.29) is 5.82 Å². The monoisotopic (exact) mass is 316 g/mol. The second kappa shape index (κ2) is 6.75. The number of hydrogen-bond acceptors (Lipinski definition) is 2. The maximum atomic E-state index is 13.0. The van der Waals surface area contributed by atoms with Gasteiger partial charge in [0.05, 0.1) is 12.8 Å². The minimum Gasteiger partial charge on any atom is -0.467 e. The van der Waals surface area contributed by atoms with Gasteiger partial charge in [0.25, 0.3) is 0 Å². The van der Waals surface area contributed by atoms with Gasteiger partial charge in [-0.3, -0.25) is 0 Å². The molecule has 0 unspecified atom stereocenters. The third-order valence-corrected chi connectivity index (χ3v) is 4.11. The average Bonchev–Trinajstić information content (AvgIpc) is 3.07. The molecule has 2 aromatic rings. The fourth-order valence-corrected chi connectivity index (χ4v) is 2.71. The van der Waals surface area contributed by atoms with Crippen LogP contribution in [-0.4, -0.2) is 23.1 Å². The lowest BCUT2D eigenvalue weighted by Crippen LogP contribution is -2.41. The van der Waals surface area contributed by atoms with Crippen molar-refractivity contribution in [3.63, 3.8) is 0 Å². The molecule has 3 rings (SSSR count). The van der Waals surface area contributed by atoms with Crippen LogP contribution in [0.4, 0.5) is 4.39 Å². The Hall–Kier alpha value is -2.14. The van der Waals surface area contributed by atoms with Crippen molar-refractivity contribution in [3.05, 3.63) is 65.9 Å². The van der Waals surface area contributed by atoms with Crippen LogP contribution in [0.5, 0.6) is 0 Å². The first-order valence-corrected chi connectivity index (χ1v) is 7.63. The molecular formula is C17H17FN2OS. The summed E-state index contributed by atoms with van der Waals surface area (Å²) >= 11 is 5.41. The molecule has 114 valence electrons. The van der Waals surface area contributed by atoms with Crippen LogP contribution in [0.2, 0.25) is 0 Å². The van der Waals surface area contributed by atoms with Gasteiger partial charge in [0.15, 0.2) is 5.11 Å². The topological polar surface area (TPSA) is 28.4 Å². The molecular weight excluding hydrogens is 299 g/mol. The van der Waals surface area contributed by atoms with Crippen molar-refractivity contribution in [2.45, 2.75) is 13.0 Å². The van der Waals surface area contributed by atoms with Gasteiger partial charge in [0.2, 0.25) is 0 Å². The maximum absolute atomic E-state index is 13.0. The van der Waals surface area contributed by atoms with E-state index in [2.05, 4.69) is 16.3 Å². The van der Waals surface area contributed by atoms with E-state index in [0.717, 1.165) is 35.9 Å². The highest BCUT2D eigenvalue weighted by Gasteiger charge is 2.15. The molecule has 0 amide bonds. The summed E-state index contributed by atoms with van der Waals surface area (Å²) in [6.45, 7) is 2.21. The van der Waals surface area contributed by atoms with Crippen LogP contribution < -0.4 is 5.32 Å². The summed E-state index contributed by atoms with van der Waals surface area (Å²) in [5.41, 5.74) is 2.32. The molecule has 0 spiro atoms. The number of nitrogens with zero attached hydrogens (tertiary/aromatic N) is 1. The van der Waals surface area contributed by atoms with E-state index in [1.807, 2.05) is 24.3 Å². The zero-order valence-corrected chi connectivity index (χ0v) is 12.9. The van der Waals surface area contributed by atoms with Gasteiger partial charge in [0, 0.05) is 13.1 Å². The number of thiocarbonyl (C=S) groups is 1. The first-order valence-electron chi connectivity index (χ1n) is 7.22. The Bertz CT molecular complexity index is 664. The Morgan fingerprint density at radius 1 is 1.27 bits per heavy atom. The Balaban J connectivity index is 1.56. The van der Waals surface area contributed by atoms with Crippen molar-refractivity contribution in [2.75, 3.05) is 13.1 Å². The van der Waals surface area contributed by atoms with Crippen LogP contribution in [0.25, 0.3) is 5.57 Å². The third kappa shape index (κ3) is 3.54. The minimum atomic E-state index is -0.204. The van der Waals surface area contributed by atoms with Gasteiger partial charge in [-0.15, -0.1) is 0 Å². The lowest BCUT2D eigenvalue weighted by Gasteiger charge is -2.29. The van der Waals surface area contributed by atoms with E-state index >= 15 is 0 Å². The van der Waals surface area contributed by atoms with Gasteiger partial charge in [-0.05, 0) is 54.0 Å². The van der Waals surface area contributed by atoms with Crippen molar-refractivity contribution in [3.8, 4) is 0 Å². The second-order valence-corrected chi connectivity index (χ2v) is 5.56. The van der Waals surface area contributed by atoms with Crippen LogP contribution in [0.3, 0.4) is 0 Å². The van der Waals surface area contributed by atoms with Gasteiger partial charge < -0.3 is 14.6 Å². The quantitative estimate of drug-likeness (QED) is 0.876. The first-order chi connectivity index (χ1) is 10.7. The summed E-state index contributed by atoms with van der Waals surface area (Å²) in [4.78, 5) is 2.12. The SMILES string of the molecule is Fc1ccc(C2=CCN(C(=S)NCc3ccco3)CC2)cc1. The molecule has 0 saturated heterocycles. The van der Waals surface area contributed by atoms with Gasteiger partial charge in [-0.25, -0.2) is 4.39 Å². The molecule has 0 bridgehead atoms. The van der Waals surface area contributed by atoms with Crippen LogP contribution in [0.1, 0.15) is 17.7 Å². The van der Waals surface area contributed by atoms with Crippen LogP contribution in [-0.2, 0) is 6.54 Å². The smallest absolute Gasteiger partial charge is 0.169 e. The summed E-state index contributed by atoms with van der Waals surface area (Å²) in [6, 6.07) is 10.4. The Kier molecular flexibility index (Phi) is 4.53. The largest absolute Gasteiger partial charge is 0.467 e. The highest BCUT2D eigenvalue weighted by atomic mass is 32.1. The van der Waals surface area contributed by atoms with Gasteiger partial charge in [-0.1, -0.05) is 18.2 Å². The summed E-state index contributed by atoms with van der Waals surface area (Å²) in [5, 5.41) is 3.93. The van der Waals surface area contributed by atoms with E-state index in [9.17, 15) is 4.39 Å². The Morgan fingerprint density at radius 3 is 2.73 bits per heavy atom. The average molecular weight is 316 g/mol. The van der Waals surface area contributed by atoms with Crippen LogP contribution in [0, 0.1) is 5.82 Å². The van der Waals surface area contributed by atoms with Gasteiger partial charge >= 0.3 is 0 Å². The normalized spacial score (nSPS) is 14.6. The number of rotatable bonds is 3. The molecule has 2 heterocycles. The molecule has 3 nitrogen and oxygen atoms in total. The molecule has 0 radical (unpaired) electrons. The fourth-order valence-electron chi connectivity index (χ4n) is 2.47. The van der Waals surface area contributed by atoms with Crippen molar-refractivity contribution >= 4 is 22.9 Å². The molecule has 22 heavy (non-hydrogen) atoms. The number of hydrogen-bond donors (Lipinski definition) is 1. The number of benzene rings is 1. The van der Waals surface area contributed by atoms with Crippen molar-refractivity contribution in [2.24, 2.45) is 0 Å². The molecule has 0 fully saturated rings. The molecule has 1 aliphatic heterocycles. The molecule has 1 aliphatic rings. The molecule has 1 aromatic carbocycles. The second-order valence-electron chi connectivity index (χ2n) is 5.17. The molecule has 0 atom stereocenters. The lowest BCUT2D eigenvalue weighted by molar-refractivity contribution is 0.441. The highest BCUT2D eigenvalue weighted by Crippen LogP contribution is 2.22. The summed E-state index contributed by atoms with van der Waals surface area (Å²) in [6.07, 6.45) is 4.70. The van der Waals surface area contributed by atoms with Gasteiger partial charge in [-0.2, -0.15) is 0 Å². The molecule has 0 aliphatic carbocycles. The van der Waals surface area contributed by atoms with E-state index in [1.54, 1.807) is 6.26 Å². The zero-order valence-electron chi connectivity index (χ0n) is 12.1. The number of halogens is 1. The van der Waals surface area contributed by atoms with Crippen molar-refractivity contribution in [1.82, 2.24) is 10.2 Å². The van der Waals surface area contributed by atoms with E-state index in [1.165, 1.54) is 17.7 Å². The van der Waals surface area contributed by atoms with Crippen LogP contribution >= 0.6 is 12.2 Å². The first kappa shape index (κ1) is 14.8. The predicted octanol–water partition coefficient (Wildman–Crippen LogP) is 3.58. The Labute approximate surface area is 134 Å². The van der Waals surface area contributed by atoms with Crippen molar-refractivity contribution in [1.29, 1.82) is 0 Å². The Morgan fingerprint density at radius 2 is 2.09 bits per heavy atom. The predicted molar refractivity (Wildman–Crippen MR) is 88.7 cm³/mol. The lowest BCUT2D eigenvalue weighted by atomic mass is 10.00. The molecule has 1 N–H and O–H groups in total. The molecule has 5 heteroatoms. The summed E-state index contributed by atoms with van der Waals surface area (Å²) in [7, 11) is 0. The summed E-state index contributed by atoms with van der Waals surface area (Å²) in [5.74, 6) is 0.659. The van der Waals surface area contributed by atoms with E-state index in [0.29, 0.717) is 6.54 Å². The zero-order chi connectivity index (χ0) is 15.4.